The molecule has 0 aliphatic rings. The molecule has 14 heavy (non-hydrogen) atoms. The van der Waals surface area contributed by atoms with Crippen molar-refractivity contribution in [1.29, 1.82) is 5.26 Å². The zero-order chi connectivity index (χ0) is 10.7. The monoisotopic (exact) mass is 218 g/mol. The molecule has 0 atom stereocenters. The van der Waals surface area contributed by atoms with E-state index in [1.165, 1.54) is 6.07 Å². The summed E-state index contributed by atoms with van der Waals surface area (Å²) in [6, 6.07) is 2.33. The second-order valence-electron chi connectivity index (χ2n) is 2.44. The quantitative estimate of drug-likeness (QED) is 0.775. The maximum Gasteiger partial charge on any atom is 0.266 e. The van der Waals surface area contributed by atoms with Crippen molar-refractivity contribution in [1.82, 2.24) is 4.98 Å². The number of rotatable bonds is 2. The van der Waals surface area contributed by atoms with Crippen LogP contribution in [0.2, 0.25) is 0 Å². The molecule has 1 rings (SSSR count). The van der Waals surface area contributed by atoms with Gasteiger partial charge in [0.15, 0.2) is 0 Å². The van der Waals surface area contributed by atoms with Gasteiger partial charge in [-0.2, -0.15) is 5.26 Å². The minimum atomic E-state index is -2.84. The molecule has 1 N–H and O–H groups in total. The van der Waals surface area contributed by atoms with Crippen LogP contribution in [0, 0.1) is 11.3 Å². The highest BCUT2D eigenvalue weighted by molar-refractivity contribution is 6.17. The number of pyridine rings is 1. The highest BCUT2D eigenvalue weighted by atomic mass is 35.5. The Morgan fingerprint density at radius 2 is 2.29 bits per heavy atom. The standard InChI is InChI=1S/C8H5ClF2N2O/c9-2-5-7(14)1-4(8(10)11)6(3-12)13-5/h1,8,14H,2H2. The van der Waals surface area contributed by atoms with Crippen molar-refractivity contribution in [3.8, 4) is 11.8 Å². The second-order valence-corrected chi connectivity index (χ2v) is 2.71. The van der Waals surface area contributed by atoms with E-state index in [9.17, 15) is 13.9 Å². The SMILES string of the molecule is N#Cc1nc(CCl)c(O)cc1C(F)F. The molecule has 0 unspecified atom stereocenters. The first-order valence-electron chi connectivity index (χ1n) is 3.57. The van der Waals surface area contributed by atoms with Crippen LogP contribution in [0.4, 0.5) is 8.78 Å². The average molecular weight is 219 g/mol. The summed E-state index contributed by atoms with van der Waals surface area (Å²) in [5, 5.41) is 17.7. The predicted molar refractivity (Wildman–Crippen MR) is 45.1 cm³/mol. The summed E-state index contributed by atoms with van der Waals surface area (Å²) in [5.74, 6) is -0.557. The van der Waals surface area contributed by atoms with E-state index in [1.807, 2.05) is 0 Å². The van der Waals surface area contributed by atoms with Crippen LogP contribution in [0.25, 0.3) is 0 Å². The van der Waals surface area contributed by atoms with E-state index in [-0.39, 0.29) is 11.6 Å². The van der Waals surface area contributed by atoms with E-state index in [4.69, 9.17) is 16.9 Å². The molecule has 3 nitrogen and oxygen atoms in total. The molecule has 6 heteroatoms. The van der Waals surface area contributed by atoms with Crippen LogP contribution in [0.3, 0.4) is 0 Å². The maximum absolute atomic E-state index is 12.3. The molecule has 0 saturated heterocycles. The van der Waals surface area contributed by atoms with E-state index in [0.29, 0.717) is 0 Å². The van der Waals surface area contributed by atoms with Gasteiger partial charge < -0.3 is 5.11 Å². The Morgan fingerprint density at radius 1 is 1.64 bits per heavy atom. The van der Waals surface area contributed by atoms with Crippen LogP contribution in [-0.4, -0.2) is 10.1 Å². The molecule has 74 valence electrons. The summed E-state index contributed by atoms with van der Waals surface area (Å²) < 4.78 is 24.6. The van der Waals surface area contributed by atoms with Crippen molar-refractivity contribution in [2.75, 3.05) is 0 Å². The van der Waals surface area contributed by atoms with Crippen LogP contribution < -0.4 is 0 Å². The van der Waals surface area contributed by atoms with Gasteiger partial charge in [0, 0.05) is 0 Å². The summed E-state index contributed by atoms with van der Waals surface area (Å²) in [5.41, 5.74) is -0.972. The van der Waals surface area contributed by atoms with Crippen LogP contribution in [0.1, 0.15) is 23.4 Å². The van der Waals surface area contributed by atoms with Gasteiger partial charge in [-0.15, -0.1) is 11.6 Å². The van der Waals surface area contributed by atoms with Crippen molar-refractivity contribution in [2.45, 2.75) is 12.3 Å². The van der Waals surface area contributed by atoms with Crippen LogP contribution in [0.5, 0.6) is 5.75 Å². The molecule has 0 bridgehead atoms. The minimum absolute atomic E-state index is 0.0209. The van der Waals surface area contributed by atoms with Gasteiger partial charge >= 0.3 is 0 Å². The van der Waals surface area contributed by atoms with Crippen molar-refractivity contribution in [3.63, 3.8) is 0 Å². The van der Waals surface area contributed by atoms with E-state index >= 15 is 0 Å². The number of nitriles is 1. The molecular formula is C8H5ClF2N2O. The number of hydrogen-bond acceptors (Lipinski definition) is 3. The lowest BCUT2D eigenvalue weighted by atomic mass is 10.2. The topological polar surface area (TPSA) is 56.9 Å². The van der Waals surface area contributed by atoms with Gasteiger partial charge in [-0.1, -0.05) is 0 Å². The molecule has 1 aromatic rings. The Balaban J connectivity index is 3.33. The molecule has 0 spiro atoms. The third kappa shape index (κ3) is 1.91. The third-order valence-electron chi connectivity index (χ3n) is 1.58. The second kappa shape index (κ2) is 4.20. The number of alkyl halides is 3. The summed E-state index contributed by atoms with van der Waals surface area (Å²) in [7, 11) is 0. The third-order valence-corrected chi connectivity index (χ3v) is 1.83. The zero-order valence-electron chi connectivity index (χ0n) is 6.84. The fourth-order valence-electron chi connectivity index (χ4n) is 0.910. The van der Waals surface area contributed by atoms with Gasteiger partial charge in [0.1, 0.15) is 17.5 Å². The molecule has 0 aromatic carbocycles. The molecule has 0 aliphatic carbocycles. The molecule has 0 radical (unpaired) electrons. The summed E-state index contributed by atoms with van der Waals surface area (Å²) >= 11 is 5.37. The van der Waals surface area contributed by atoms with Crippen molar-refractivity contribution in [2.24, 2.45) is 0 Å². The Kier molecular flexibility index (Phi) is 3.20. The molecule has 1 aromatic heterocycles. The lowest BCUT2D eigenvalue weighted by Gasteiger charge is -2.05. The Labute approximate surface area is 83.6 Å². The highest BCUT2D eigenvalue weighted by Crippen LogP contribution is 2.27. The zero-order valence-corrected chi connectivity index (χ0v) is 7.59. The van der Waals surface area contributed by atoms with E-state index in [1.54, 1.807) is 0 Å². The Morgan fingerprint density at radius 3 is 2.71 bits per heavy atom. The van der Waals surface area contributed by atoms with E-state index < -0.39 is 23.4 Å². The van der Waals surface area contributed by atoms with Gasteiger partial charge in [-0.25, -0.2) is 13.8 Å². The van der Waals surface area contributed by atoms with Gasteiger partial charge in [-0.3, -0.25) is 0 Å². The first-order chi connectivity index (χ1) is 6.60. The molecule has 1 heterocycles. The maximum atomic E-state index is 12.3. The summed E-state index contributed by atoms with van der Waals surface area (Å²) in [6.07, 6.45) is -2.84. The predicted octanol–water partition coefficient (Wildman–Crippen LogP) is 2.34. The van der Waals surface area contributed by atoms with E-state index in [0.717, 1.165) is 6.07 Å². The van der Waals surface area contributed by atoms with E-state index in [2.05, 4.69) is 4.98 Å². The molecule has 0 amide bonds. The lowest BCUT2D eigenvalue weighted by Crippen LogP contribution is -1.98. The van der Waals surface area contributed by atoms with Crippen LogP contribution in [0.15, 0.2) is 6.07 Å². The van der Waals surface area contributed by atoms with Gasteiger partial charge in [-0.05, 0) is 6.07 Å². The first kappa shape index (κ1) is 10.7. The molecule has 0 saturated carbocycles. The van der Waals surface area contributed by atoms with Gasteiger partial charge in [0.05, 0.1) is 17.1 Å². The van der Waals surface area contributed by atoms with Crippen LogP contribution >= 0.6 is 11.6 Å². The first-order valence-corrected chi connectivity index (χ1v) is 4.10. The molecular weight excluding hydrogens is 214 g/mol. The van der Waals surface area contributed by atoms with Gasteiger partial charge in [0.25, 0.3) is 6.43 Å². The number of aromatic nitrogens is 1. The Hall–Kier alpha value is -1.41. The highest BCUT2D eigenvalue weighted by Gasteiger charge is 2.17. The number of aromatic hydroxyl groups is 1. The lowest BCUT2D eigenvalue weighted by molar-refractivity contribution is 0.150. The van der Waals surface area contributed by atoms with Gasteiger partial charge in [0.2, 0.25) is 0 Å². The normalized spacial score (nSPS) is 10.2. The smallest absolute Gasteiger partial charge is 0.266 e. The van der Waals surface area contributed by atoms with Crippen molar-refractivity contribution >= 4 is 11.6 Å². The fourth-order valence-corrected chi connectivity index (χ4v) is 1.11. The minimum Gasteiger partial charge on any atom is -0.506 e. The average Bonchev–Trinajstić information content (AvgIpc) is 2.17. The Bertz CT molecular complexity index is 390. The van der Waals surface area contributed by atoms with Crippen molar-refractivity contribution in [3.05, 3.63) is 23.0 Å². The fraction of sp³-hybridized carbons (Fsp3) is 0.250. The van der Waals surface area contributed by atoms with Crippen molar-refractivity contribution < 1.29 is 13.9 Å². The largest absolute Gasteiger partial charge is 0.506 e. The summed E-state index contributed by atoms with van der Waals surface area (Å²) in [6.45, 7) is 0. The van der Waals surface area contributed by atoms with Crippen LogP contribution in [-0.2, 0) is 5.88 Å². The number of nitrogens with zero attached hydrogens (tertiary/aromatic N) is 2. The number of hydrogen-bond donors (Lipinski definition) is 1. The molecule has 0 aliphatic heterocycles. The summed E-state index contributed by atoms with van der Waals surface area (Å²) in [4.78, 5) is 3.51. The number of halogens is 3. The molecule has 0 fully saturated rings.